The van der Waals surface area contributed by atoms with Crippen molar-refractivity contribution in [2.75, 3.05) is 0 Å². The van der Waals surface area contributed by atoms with Crippen molar-refractivity contribution < 1.29 is 39.9 Å². The van der Waals surface area contributed by atoms with E-state index < -0.39 is 57.9 Å². The predicted molar refractivity (Wildman–Crippen MR) is 157 cm³/mol. The molecule has 232 valence electrons. The van der Waals surface area contributed by atoms with Crippen LogP contribution in [0.4, 0.5) is 35.1 Å². The number of ether oxygens (including phenoxy) is 1. The summed E-state index contributed by atoms with van der Waals surface area (Å²) in [6, 6.07) is 18.0. The highest BCUT2D eigenvalue weighted by molar-refractivity contribution is 5.71. The first-order chi connectivity index (χ1) is 21.5. The largest absolute Gasteiger partial charge is 0.432 e. The summed E-state index contributed by atoms with van der Waals surface area (Å²) in [6.07, 6.45) is -0.658. The Kier molecular flexibility index (Phi) is 9.27. The summed E-state index contributed by atoms with van der Waals surface area (Å²) >= 11 is 0. The molecule has 9 heteroatoms. The number of hydrogen-bond acceptors (Lipinski definition) is 1. The minimum Gasteiger partial charge on any atom is -0.429 e. The molecule has 0 bridgehead atoms. The lowest BCUT2D eigenvalue weighted by atomic mass is 9.99. The van der Waals surface area contributed by atoms with Gasteiger partial charge in [-0.3, -0.25) is 0 Å². The van der Waals surface area contributed by atoms with Crippen molar-refractivity contribution in [2.45, 2.75) is 38.7 Å². The summed E-state index contributed by atoms with van der Waals surface area (Å²) in [5, 5.41) is 0. The SMILES string of the molecule is CCCCCc1ccc(-c2cc(F)c(C(F)(F)Oc3cc(F)c(-c4ccc(-c5ccc(F)c(F)c5)cc4)c(F)c3)c(F)c2)cc1. The van der Waals surface area contributed by atoms with E-state index in [0.29, 0.717) is 28.8 Å². The van der Waals surface area contributed by atoms with E-state index in [1.165, 1.54) is 30.3 Å². The average Bonchev–Trinajstić information content (AvgIpc) is 2.98. The fourth-order valence-electron chi connectivity index (χ4n) is 5.05. The first kappa shape index (κ1) is 31.8. The Morgan fingerprint density at radius 3 is 1.60 bits per heavy atom. The number of unbranched alkanes of at least 4 members (excludes halogenated alkanes) is 2. The molecule has 0 aliphatic carbocycles. The van der Waals surface area contributed by atoms with Gasteiger partial charge in [0.05, 0.1) is 5.56 Å². The Morgan fingerprint density at radius 1 is 0.511 bits per heavy atom. The monoisotopic (exact) mass is 626 g/mol. The molecule has 45 heavy (non-hydrogen) atoms. The molecule has 1 nitrogen and oxygen atoms in total. The maximum absolute atomic E-state index is 15.0. The van der Waals surface area contributed by atoms with Gasteiger partial charge in [-0.1, -0.05) is 74.4 Å². The van der Waals surface area contributed by atoms with E-state index in [1.807, 2.05) is 0 Å². The molecule has 5 rings (SSSR count). The number of hydrogen-bond donors (Lipinski definition) is 0. The molecule has 0 saturated heterocycles. The summed E-state index contributed by atoms with van der Waals surface area (Å²) in [6.45, 7) is 2.09. The predicted octanol–water partition coefficient (Wildman–Crippen LogP) is 11.4. The molecule has 0 amide bonds. The van der Waals surface area contributed by atoms with Crippen molar-refractivity contribution in [3.8, 4) is 39.1 Å². The number of aryl methyl sites for hydroxylation is 1. The Labute approximate surface area is 254 Å². The van der Waals surface area contributed by atoms with Gasteiger partial charge >= 0.3 is 6.11 Å². The summed E-state index contributed by atoms with van der Waals surface area (Å²) in [5.41, 5.74) is -0.0591. The van der Waals surface area contributed by atoms with Crippen molar-refractivity contribution in [2.24, 2.45) is 0 Å². The third-order valence-electron chi connectivity index (χ3n) is 7.38. The maximum Gasteiger partial charge on any atom is 0.432 e. The smallest absolute Gasteiger partial charge is 0.429 e. The van der Waals surface area contributed by atoms with Gasteiger partial charge < -0.3 is 4.74 Å². The van der Waals surface area contributed by atoms with Crippen molar-refractivity contribution in [1.82, 2.24) is 0 Å². The van der Waals surface area contributed by atoms with Crippen LogP contribution in [0.3, 0.4) is 0 Å². The number of rotatable bonds is 10. The molecular formula is C36H26F8O. The van der Waals surface area contributed by atoms with Gasteiger partial charge in [0, 0.05) is 12.1 Å². The molecule has 5 aromatic carbocycles. The Bertz CT molecular complexity index is 1770. The topological polar surface area (TPSA) is 9.23 Å². The van der Waals surface area contributed by atoms with E-state index in [9.17, 15) is 17.6 Å². The Balaban J connectivity index is 1.35. The van der Waals surface area contributed by atoms with Gasteiger partial charge in [0.2, 0.25) is 0 Å². The number of benzene rings is 5. The normalized spacial score (nSPS) is 11.6. The van der Waals surface area contributed by atoms with Crippen molar-refractivity contribution >= 4 is 0 Å². The first-order valence-electron chi connectivity index (χ1n) is 14.2. The molecule has 0 fully saturated rings. The van der Waals surface area contributed by atoms with Gasteiger partial charge in [0.25, 0.3) is 0 Å². The van der Waals surface area contributed by atoms with Crippen LogP contribution in [0.5, 0.6) is 5.75 Å². The van der Waals surface area contributed by atoms with Crippen LogP contribution < -0.4 is 4.74 Å². The van der Waals surface area contributed by atoms with Gasteiger partial charge in [-0.15, -0.1) is 0 Å². The second kappa shape index (κ2) is 13.1. The standard InChI is InChI=1S/C36H26F8O/c1-2-3-4-5-21-6-8-23(9-7-21)26-17-32(41)35(33(42)18-26)36(43,44)45-27-19-30(39)34(31(40)20-27)24-12-10-22(11-13-24)25-14-15-28(37)29(38)16-25/h6-20H,2-5H2,1H3. The van der Waals surface area contributed by atoms with Crippen LogP contribution in [0.25, 0.3) is 33.4 Å². The van der Waals surface area contributed by atoms with Gasteiger partial charge in [-0.05, 0) is 70.5 Å². The molecule has 0 saturated carbocycles. The lowest BCUT2D eigenvalue weighted by Crippen LogP contribution is -2.25. The van der Waals surface area contributed by atoms with E-state index in [4.69, 9.17) is 0 Å². The van der Waals surface area contributed by atoms with E-state index >= 15 is 17.6 Å². The fourth-order valence-corrected chi connectivity index (χ4v) is 5.05. The van der Waals surface area contributed by atoms with Crippen LogP contribution in [-0.4, -0.2) is 0 Å². The fraction of sp³-hybridized carbons (Fsp3) is 0.167. The minimum absolute atomic E-state index is 0.0105. The quantitative estimate of drug-likeness (QED) is 0.111. The molecule has 0 heterocycles. The van der Waals surface area contributed by atoms with Crippen molar-refractivity contribution in [3.05, 3.63) is 137 Å². The Morgan fingerprint density at radius 2 is 1.02 bits per heavy atom. The molecule has 0 atom stereocenters. The molecule has 0 unspecified atom stereocenters. The summed E-state index contributed by atoms with van der Waals surface area (Å²) in [4.78, 5) is 0. The molecule has 0 spiro atoms. The third kappa shape index (κ3) is 7.03. The average molecular weight is 627 g/mol. The van der Waals surface area contributed by atoms with E-state index in [0.717, 1.165) is 55.5 Å². The van der Waals surface area contributed by atoms with E-state index in [1.54, 1.807) is 24.3 Å². The third-order valence-corrected chi connectivity index (χ3v) is 7.38. The van der Waals surface area contributed by atoms with Crippen LogP contribution in [0.15, 0.2) is 91.0 Å². The molecule has 0 aliphatic rings. The second-order valence-corrected chi connectivity index (χ2v) is 10.6. The highest BCUT2D eigenvalue weighted by Crippen LogP contribution is 2.39. The molecule has 0 aromatic heterocycles. The van der Waals surface area contributed by atoms with Gasteiger partial charge in [0.15, 0.2) is 11.6 Å². The first-order valence-corrected chi connectivity index (χ1v) is 14.2. The summed E-state index contributed by atoms with van der Waals surface area (Å²) < 4.78 is 121. The molecule has 0 aliphatic heterocycles. The minimum atomic E-state index is -4.62. The van der Waals surface area contributed by atoms with Crippen LogP contribution in [0.2, 0.25) is 0 Å². The van der Waals surface area contributed by atoms with Crippen LogP contribution in [0.1, 0.15) is 37.3 Å². The van der Waals surface area contributed by atoms with Gasteiger partial charge in [0.1, 0.15) is 34.6 Å². The second-order valence-electron chi connectivity index (χ2n) is 10.6. The van der Waals surface area contributed by atoms with Crippen LogP contribution >= 0.6 is 0 Å². The lowest BCUT2D eigenvalue weighted by Gasteiger charge is -2.20. The maximum atomic E-state index is 15.0. The van der Waals surface area contributed by atoms with Crippen molar-refractivity contribution in [3.63, 3.8) is 0 Å². The molecular weight excluding hydrogens is 600 g/mol. The van der Waals surface area contributed by atoms with Crippen LogP contribution in [-0.2, 0) is 12.5 Å². The van der Waals surface area contributed by atoms with Gasteiger partial charge in [-0.25, -0.2) is 26.3 Å². The molecule has 0 N–H and O–H groups in total. The van der Waals surface area contributed by atoms with E-state index in [2.05, 4.69) is 11.7 Å². The number of alkyl halides is 2. The highest BCUT2D eigenvalue weighted by atomic mass is 19.3. The summed E-state index contributed by atoms with van der Waals surface area (Å²) in [7, 11) is 0. The Hall–Kier alpha value is -4.66. The zero-order valence-corrected chi connectivity index (χ0v) is 23.9. The van der Waals surface area contributed by atoms with Gasteiger partial charge in [-0.2, -0.15) is 8.78 Å². The zero-order valence-electron chi connectivity index (χ0n) is 23.9. The lowest BCUT2D eigenvalue weighted by molar-refractivity contribution is -0.189. The van der Waals surface area contributed by atoms with E-state index in [-0.39, 0.29) is 11.1 Å². The molecule has 0 radical (unpaired) electrons. The highest BCUT2D eigenvalue weighted by Gasteiger charge is 2.41. The zero-order chi connectivity index (χ0) is 32.3. The number of halogens is 8. The molecule has 5 aromatic rings. The summed E-state index contributed by atoms with van der Waals surface area (Å²) in [5.74, 6) is -8.86. The van der Waals surface area contributed by atoms with Crippen molar-refractivity contribution in [1.29, 1.82) is 0 Å². The van der Waals surface area contributed by atoms with Crippen LogP contribution in [0, 0.1) is 34.9 Å².